The first-order valence-electron chi connectivity index (χ1n) is 6.50. The molecule has 1 aliphatic heterocycles. The van der Waals surface area contributed by atoms with Crippen molar-refractivity contribution >= 4 is 6.09 Å². The standard InChI is InChI=1S/C14H17NO3/c16-14(17)15-8-12-6-11-5-9-3-1-2-4-10(9)7-13(11)18-12/h5,7,12,15H,1-4,6,8H2,(H,16,17). The highest BCUT2D eigenvalue weighted by molar-refractivity contribution is 5.64. The van der Waals surface area contributed by atoms with Crippen LogP contribution in [0.3, 0.4) is 0 Å². The van der Waals surface area contributed by atoms with E-state index >= 15 is 0 Å². The zero-order valence-electron chi connectivity index (χ0n) is 10.2. The lowest BCUT2D eigenvalue weighted by molar-refractivity contribution is 0.181. The van der Waals surface area contributed by atoms with Gasteiger partial charge in [0.15, 0.2) is 0 Å². The van der Waals surface area contributed by atoms with Crippen molar-refractivity contribution in [2.24, 2.45) is 0 Å². The number of carbonyl (C=O) groups is 1. The third-order valence-electron chi connectivity index (χ3n) is 3.75. The molecular weight excluding hydrogens is 230 g/mol. The van der Waals surface area contributed by atoms with Crippen LogP contribution < -0.4 is 10.1 Å². The van der Waals surface area contributed by atoms with E-state index in [0.29, 0.717) is 6.54 Å². The van der Waals surface area contributed by atoms with Gasteiger partial charge >= 0.3 is 6.09 Å². The lowest BCUT2D eigenvalue weighted by Gasteiger charge is -2.16. The molecule has 2 N–H and O–H groups in total. The molecule has 0 radical (unpaired) electrons. The van der Waals surface area contributed by atoms with Gasteiger partial charge in [-0.25, -0.2) is 4.79 Å². The van der Waals surface area contributed by atoms with Crippen LogP contribution in [0.15, 0.2) is 12.1 Å². The first-order valence-corrected chi connectivity index (χ1v) is 6.50. The van der Waals surface area contributed by atoms with Crippen LogP contribution in [0.4, 0.5) is 4.79 Å². The summed E-state index contributed by atoms with van der Waals surface area (Å²) in [5, 5.41) is 11.0. The van der Waals surface area contributed by atoms with Gasteiger partial charge in [0.2, 0.25) is 0 Å². The molecule has 4 heteroatoms. The number of ether oxygens (including phenoxy) is 1. The van der Waals surface area contributed by atoms with Crippen LogP contribution in [0.25, 0.3) is 0 Å². The second-order valence-electron chi connectivity index (χ2n) is 5.07. The largest absolute Gasteiger partial charge is 0.488 e. The minimum Gasteiger partial charge on any atom is -0.488 e. The van der Waals surface area contributed by atoms with E-state index < -0.39 is 6.09 Å². The molecule has 0 fully saturated rings. The quantitative estimate of drug-likeness (QED) is 0.841. The molecule has 1 atom stereocenters. The van der Waals surface area contributed by atoms with E-state index in [-0.39, 0.29) is 6.10 Å². The molecule has 1 aliphatic carbocycles. The van der Waals surface area contributed by atoms with Crippen molar-refractivity contribution in [1.82, 2.24) is 5.32 Å². The molecule has 4 nitrogen and oxygen atoms in total. The number of benzene rings is 1. The Morgan fingerprint density at radius 1 is 1.28 bits per heavy atom. The second-order valence-corrected chi connectivity index (χ2v) is 5.07. The maximum Gasteiger partial charge on any atom is 0.404 e. The van der Waals surface area contributed by atoms with Crippen LogP contribution >= 0.6 is 0 Å². The van der Waals surface area contributed by atoms with Gasteiger partial charge in [0, 0.05) is 6.42 Å². The summed E-state index contributed by atoms with van der Waals surface area (Å²) < 4.78 is 5.80. The molecule has 1 unspecified atom stereocenters. The summed E-state index contributed by atoms with van der Waals surface area (Å²) in [6.07, 6.45) is 4.61. The summed E-state index contributed by atoms with van der Waals surface area (Å²) in [5.41, 5.74) is 4.09. The van der Waals surface area contributed by atoms with E-state index in [0.717, 1.165) is 18.6 Å². The maximum atomic E-state index is 10.5. The van der Waals surface area contributed by atoms with Gasteiger partial charge in [0.05, 0.1) is 6.54 Å². The first-order chi connectivity index (χ1) is 8.72. The molecule has 2 aliphatic rings. The predicted molar refractivity (Wildman–Crippen MR) is 67.2 cm³/mol. The normalized spacial score (nSPS) is 20.8. The number of aryl methyl sites for hydroxylation is 2. The van der Waals surface area contributed by atoms with E-state index in [9.17, 15) is 4.79 Å². The minimum atomic E-state index is -0.992. The Hall–Kier alpha value is -1.71. The van der Waals surface area contributed by atoms with Gasteiger partial charge in [-0.3, -0.25) is 0 Å². The van der Waals surface area contributed by atoms with Gasteiger partial charge in [0.1, 0.15) is 11.9 Å². The van der Waals surface area contributed by atoms with E-state index in [1.165, 1.54) is 36.0 Å². The lowest BCUT2D eigenvalue weighted by atomic mass is 9.89. The average Bonchev–Trinajstić information content (AvgIpc) is 2.75. The molecule has 18 heavy (non-hydrogen) atoms. The highest BCUT2D eigenvalue weighted by atomic mass is 16.5. The Bertz CT molecular complexity index is 449. The number of amides is 1. The third-order valence-corrected chi connectivity index (χ3v) is 3.75. The van der Waals surface area contributed by atoms with Crippen molar-refractivity contribution < 1.29 is 14.6 Å². The summed E-state index contributed by atoms with van der Waals surface area (Å²) in [6.45, 7) is 0.356. The van der Waals surface area contributed by atoms with Gasteiger partial charge in [0.25, 0.3) is 0 Å². The van der Waals surface area contributed by atoms with E-state index in [1.807, 2.05) is 0 Å². The molecule has 0 aromatic heterocycles. The summed E-state index contributed by atoms with van der Waals surface area (Å²) >= 11 is 0. The maximum absolute atomic E-state index is 10.5. The van der Waals surface area contributed by atoms with Gasteiger partial charge in [-0.05, 0) is 48.4 Å². The summed E-state index contributed by atoms with van der Waals surface area (Å²) in [5.74, 6) is 0.952. The average molecular weight is 247 g/mol. The molecule has 1 aromatic rings. The number of fused-ring (bicyclic) bond motifs is 2. The van der Waals surface area contributed by atoms with Crippen LogP contribution in [0.1, 0.15) is 29.5 Å². The monoisotopic (exact) mass is 247 g/mol. The van der Waals surface area contributed by atoms with Gasteiger partial charge in [-0.2, -0.15) is 0 Å². The zero-order chi connectivity index (χ0) is 12.5. The van der Waals surface area contributed by atoms with Crippen molar-refractivity contribution in [3.8, 4) is 5.75 Å². The fraction of sp³-hybridized carbons (Fsp3) is 0.500. The molecule has 0 bridgehead atoms. The van der Waals surface area contributed by atoms with Crippen LogP contribution in [-0.2, 0) is 19.3 Å². The van der Waals surface area contributed by atoms with Gasteiger partial charge in [-0.1, -0.05) is 6.07 Å². The van der Waals surface area contributed by atoms with Gasteiger partial charge in [-0.15, -0.1) is 0 Å². The molecule has 96 valence electrons. The molecule has 0 saturated heterocycles. The molecule has 0 saturated carbocycles. The van der Waals surface area contributed by atoms with Crippen molar-refractivity contribution in [2.45, 2.75) is 38.2 Å². The van der Waals surface area contributed by atoms with Crippen LogP contribution in [0.5, 0.6) is 5.75 Å². The van der Waals surface area contributed by atoms with Crippen LogP contribution in [0.2, 0.25) is 0 Å². The van der Waals surface area contributed by atoms with E-state index in [2.05, 4.69) is 17.4 Å². The molecule has 3 rings (SSSR count). The number of carboxylic acid groups (broad SMARTS) is 1. The highest BCUT2D eigenvalue weighted by Crippen LogP contribution is 2.34. The Balaban J connectivity index is 1.74. The third kappa shape index (κ3) is 2.15. The van der Waals surface area contributed by atoms with Crippen molar-refractivity contribution in [3.05, 3.63) is 28.8 Å². The Morgan fingerprint density at radius 3 is 2.72 bits per heavy atom. The second kappa shape index (κ2) is 4.52. The predicted octanol–water partition coefficient (Wildman–Crippen LogP) is 2.14. The number of nitrogens with one attached hydrogen (secondary N) is 1. The highest BCUT2D eigenvalue weighted by Gasteiger charge is 2.25. The van der Waals surface area contributed by atoms with Crippen LogP contribution in [0, 0.1) is 0 Å². The summed E-state index contributed by atoms with van der Waals surface area (Å²) in [4.78, 5) is 10.5. The molecule has 1 heterocycles. The summed E-state index contributed by atoms with van der Waals surface area (Å²) in [7, 11) is 0. The SMILES string of the molecule is O=C(O)NCC1Cc2cc3c(cc2O1)CCCC3. The Kier molecular flexibility index (Phi) is 2.86. The Labute approximate surface area is 106 Å². The molecule has 0 spiro atoms. The Morgan fingerprint density at radius 2 is 2.00 bits per heavy atom. The fourth-order valence-electron chi connectivity index (χ4n) is 2.86. The lowest BCUT2D eigenvalue weighted by Crippen LogP contribution is -2.33. The molecule has 1 amide bonds. The number of hydrogen-bond donors (Lipinski definition) is 2. The summed E-state index contributed by atoms with van der Waals surface area (Å²) in [6, 6.07) is 4.41. The zero-order valence-corrected chi connectivity index (χ0v) is 10.2. The molecular formula is C14H17NO3. The van der Waals surface area contributed by atoms with Crippen molar-refractivity contribution in [1.29, 1.82) is 0 Å². The van der Waals surface area contributed by atoms with E-state index in [4.69, 9.17) is 9.84 Å². The van der Waals surface area contributed by atoms with Gasteiger partial charge < -0.3 is 15.2 Å². The van der Waals surface area contributed by atoms with Crippen LogP contribution in [-0.4, -0.2) is 23.8 Å². The number of rotatable bonds is 2. The topological polar surface area (TPSA) is 58.6 Å². The van der Waals surface area contributed by atoms with Crippen molar-refractivity contribution in [3.63, 3.8) is 0 Å². The number of hydrogen-bond acceptors (Lipinski definition) is 2. The fourth-order valence-corrected chi connectivity index (χ4v) is 2.86. The van der Waals surface area contributed by atoms with Crippen molar-refractivity contribution in [2.75, 3.05) is 6.54 Å². The van der Waals surface area contributed by atoms with E-state index in [1.54, 1.807) is 0 Å². The molecule has 1 aromatic carbocycles. The minimum absolute atomic E-state index is 0.0556. The smallest absolute Gasteiger partial charge is 0.404 e. The first kappa shape index (κ1) is 11.4.